The first-order chi connectivity index (χ1) is 9.79. The van der Waals surface area contributed by atoms with Crippen LogP contribution in [0.4, 0.5) is 18.9 Å². The largest absolute Gasteiger partial charge is 0.418 e. The Labute approximate surface area is 123 Å². The lowest BCUT2D eigenvalue weighted by molar-refractivity contribution is -0.137. The molecule has 21 heavy (non-hydrogen) atoms. The summed E-state index contributed by atoms with van der Waals surface area (Å²) in [5.41, 5.74) is -1.45. The summed E-state index contributed by atoms with van der Waals surface area (Å²) in [5.74, 6) is -1.33. The zero-order valence-corrected chi connectivity index (χ0v) is 11.5. The highest BCUT2D eigenvalue weighted by molar-refractivity contribution is 6.34. The number of carbonyl (C=O) groups is 2. The smallest absolute Gasteiger partial charge is 0.355 e. The average molecular weight is 321 g/mol. The normalized spacial score (nSPS) is 19.0. The standard InChI is InChI=1S/C13H12ClF3N2O2/c14-9-3-1-2-8(13(15,16)17)11(9)19-12(21)7-4-5-10(20)18-6-7/h1-3,7H,4-6H2,(H,18,20)(H,19,21). The van der Waals surface area contributed by atoms with Gasteiger partial charge in [-0.15, -0.1) is 0 Å². The number of anilines is 1. The number of benzene rings is 1. The van der Waals surface area contributed by atoms with Crippen molar-refractivity contribution in [3.05, 3.63) is 28.8 Å². The first-order valence-corrected chi connectivity index (χ1v) is 6.60. The van der Waals surface area contributed by atoms with Crippen molar-refractivity contribution in [3.8, 4) is 0 Å². The van der Waals surface area contributed by atoms with E-state index in [0.29, 0.717) is 6.42 Å². The highest BCUT2D eigenvalue weighted by Crippen LogP contribution is 2.38. The van der Waals surface area contributed by atoms with Crippen molar-refractivity contribution in [2.75, 3.05) is 11.9 Å². The number of halogens is 4. The van der Waals surface area contributed by atoms with E-state index in [-0.39, 0.29) is 23.9 Å². The number of para-hydroxylation sites is 1. The van der Waals surface area contributed by atoms with E-state index in [1.165, 1.54) is 12.1 Å². The number of hydrogen-bond donors (Lipinski definition) is 2. The minimum atomic E-state index is -4.62. The zero-order chi connectivity index (χ0) is 15.6. The highest BCUT2D eigenvalue weighted by Gasteiger charge is 2.35. The molecule has 4 nitrogen and oxygen atoms in total. The molecule has 0 saturated carbocycles. The molecule has 1 saturated heterocycles. The Morgan fingerprint density at radius 1 is 1.38 bits per heavy atom. The Balaban J connectivity index is 2.19. The van der Waals surface area contributed by atoms with Crippen LogP contribution in [0.1, 0.15) is 18.4 Å². The van der Waals surface area contributed by atoms with Crippen LogP contribution >= 0.6 is 11.6 Å². The van der Waals surface area contributed by atoms with Gasteiger partial charge in [-0.25, -0.2) is 0 Å². The summed E-state index contributed by atoms with van der Waals surface area (Å²) in [6.07, 6.45) is -4.15. The predicted molar refractivity (Wildman–Crippen MR) is 70.8 cm³/mol. The predicted octanol–water partition coefficient (Wildman–Crippen LogP) is 2.82. The van der Waals surface area contributed by atoms with E-state index >= 15 is 0 Å². The van der Waals surface area contributed by atoms with Gasteiger partial charge in [-0.1, -0.05) is 17.7 Å². The second-order valence-corrected chi connectivity index (χ2v) is 5.10. The quantitative estimate of drug-likeness (QED) is 0.880. The van der Waals surface area contributed by atoms with Gasteiger partial charge >= 0.3 is 6.18 Å². The molecule has 0 spiro atoms. The van der Waals surface area contributed by atoms with Gasteiger partial charge in [0.15, 0.2) is 0 Å². The van der Waals surface area contributed by atoms with Gasteiger partial charge in [-0.05, 0) is 18.6 Å². The molecule has 1 aliphatic rings. The number of nitrogens with one attached hydrogen (secondary N) is 2. The number of hydrogen-bond acceptors (Lipinski definition) is 2. The fourth-order valence-corrected chi connectivity index (χ4v) is 2.29. The van der Waals surface area contributed by atoms with Gasteiger partial charge in [0, 0.05) is 13.0 Å². The van der Waals surface area contributed by atoms with Crippen molar-refractivity contribution >= 4 is 29.1 Å². The number of piperidine rings is 1. The van der Waals surface area contributed by atoms with E-state index in [1.807, 2.05) is 0 Å². The first kappa shape index (κ1) is 15.6. The molecular weight excluding hydrogens is 309 g/mol. The second kappa shape index (κ2) is 5.93. The number of alkyl halides is 3. The minimum absolute atomic E-state index is 0.108. The lowest BCUT2D eigenvalue weighted by Gasteiger charge is -2.23. The zero-order valence-electron chi connectivity index (χ0n) is 10.8. The van der Waals surface area contributed by atoms with Crippen molar-refractivity contribution in [3.63, 3.8) is 0 Å². The van der Waals surface area contributed by atoms with Crippen LogP contribution in [-0.4, -0.2) is 18.4 Å². The lowest BCUT2D eigenvalue weighted by Crippen LogP contribution is -2.40. The Morgan fingerprint density at radius 3 is 2.67 bits per heavy atom. The summed E-state index contributed by atoms with van der Waals surface area (Å²) in [7, 11) is 0. The van der Waals surface area contributed by atoms with Gasteiger partial charge in [-0.3, -0.25) is 9.59 Å². The fourth-order valence-electron chi connectivity index (χ4n) is 2.07. The molecule has 2 N–H and O–H groups in total. The van der Waals surface area contributed by atoms with Gasteiger partial charge < -0.3 is 10.6 Å². The molecule has 0 radical (unpaired) electrons. The van der Waals surface area contributed by atoms with Crippen molar-refractivity contribution in [2.45, 2.75) is 19.0 Å². The molecule has 1 unspecified atom stereocenters. The summed E-state index contributed by atoms with van der Waals surface area (Å²) in [6, 6.07) is 3.29. The molecule has 114 valence electrons. The first-order valence-electron chi connectivity index (χ1n) is 6.22. The van der Waals surface area contributed by atoms with Crippen molar-refractivity contribution in [1.29, 1.82) is 0 Å². The summed E-state index contributed by atoms with van der Waals surface area (Å²) in [6.45, 7) is 0.108. The van der Waals surface area contributed by atoms with Crippen LogP contribution in [0, 0.1) is 5.92 Å². The third-order valence-electron chi connectivity index (χ3n) is 3.20. The van der Waals surface area contributed by atoms with Crippen LogP contribution in [0.5, 0.6) is 0 Å². The van der Waals surface area contributed by atoms with Crippen LogP contribution < -0.4 is 10.6 Å². The van der Waals surface area contributed by atoms with Crippen LogP contribution in [0.3, 0.4) is 0 Å². The molecule has 0 aromatic heterocycles. The molecule has 1 fully saturated rings. The molecule has 8 heteroatoms. The number of rotatable bonds is 2. The van der Waals surface area contributed by atoms with Crippen LogP contribution in [0.2, 0.25) is 5.02 Å². The monoisotopic (exact) mass is 320 g/mol. The molecule has 1 aromatic rings. The van der Waals surface area contributed by atoms with Gasteiger partial charge in [0.25, 0.3) is 0 Å². The molecule has 1 atom stereocenters. The average Bonchev–Trinajstić information content (AvgIpc) is 2.40. The molecule has 0 bridgehead atoms. The van der Waals surface area contributed by atoms with Gasteiger partial charge in [0.05, 0.1) is 22.2 Å². The van der Waals surface area contributed by atoms with Crippen LogP contribution in [0.25, 0.3) is 0 Å². The number of carbonyl (C=O) groups excluding carboxylic acids is 2. The van der Waals surface area contributed by atoms with Crippen LogP contribution in [0.15, 0.2) is 18.2 Å². The topological polar surface area (TPSA) is 58.2 Å². The molecule has 1 aliphatic heterocycles. The summed E-state index contributed by atoms with van der Waals surface area (Å²) in [4.78, 5) is 23.0. The van der Waals surface area contributed by atoms with Crippen molar-refractivity contribution in [1.82, 2.24) is 5.32 Å². The summed E-state index contributed by atoms with van der Waals surface area (Å²) in [5, 5.41) is 4.55. The Bertz CT molecular complexity index is 565. The van der Waals surface area contributed by atoms with E-state index < -0.39 is 29.3 Å². The SMILES string of the molecule is O=C1CCC(C(=O)Nc2c(Cl)cccc2C(F)(F)F)CN1. The van der Waals surface area contributed by atoms with E-state index in [0.717, 1.165) is 6.07 Å². The maximum Gasteiger partial charge on any atom is 0.418 e. The third kappa shape index (κ3) is 3.66. The van der Waals surface area contributed by atoms with E-state index in [9.17, 15) is 22.8 Å². The van der Waals surface area contributed by atoms with Crippen molar-refractivity contribution < 1.29 is 22.8 Å². The van der Waals surface area contributed by atoms with E-state index in [2.05, 4.69) is 10.6 Å². The second-order valence-electron chi connectivity index (χ2n) is 4.69. The molecule has 1 aromatic carbocycles. The number of amides is 2. The summed E-state index contributed by atoms with van der Waals surface area (Å²) >= 11 is 5.76. The van der Waals surface area contributed by atoms with E-state index in [4.69, 9.17) is 11.6 Å². The Hall–Kier alpha value is -1.76. The van der Waals surface area contributed by atoms with Gasteiger partial charge in [-0.2, -0.15) is 13.2 Å². The highest BCUT2D eigenvalue weighted by atomic mass is 35.5. The molecule has 0 aliphatic carbocycles. The van der Waals surface area contributed by atoms with Gasteiger partial charge in [0.2, 0.25) is 11.8 Å². The van der Waals surface area contributed by atoms with Crippen LogP contribution in [-0.2, 0) is 15.8 Å². The Kier molecular flexibility index (Phi) is 4.41. The molecule has 2 rings (SSSR count). The van der Waals surface area contributed by atoms with Crippen molar-refractivity contribution in [2.24, 2.45) is 5.92 Å². The summed E-state index contributed by atoms with van der Waals surface area (Å²) < 4.78 is 38.7. The molecular formula is C13H12ClF3N2O2. The molecule has 2 amide bonds. The molecule has 1 heterocycles. The van der Waals surface area contributed by atoms with Gasteiger partial charge in [0.1, 0.15) is 0 Å². The maximum absolute atomic E-state index is 12.9. The lowest BCUT2D eigenvalue weighted by atomic mass is 9.98. The Morgan fingerprint density at radius 2 is 2.10 bits per heavy atom. The fraction of sp³-hybridized carbons (Fsp3) is 0.385. The van der Waals surface area contributed by atoms with E-state index in [1.54, 1.807) is 0 Å². The minimum Gasteiger partial charge on any atom is -0.355 e. The third-order valence-corrected chi connectivity index (χ3v) is 3.52. The maximum atomic E-state index is 12.9.